The van der Waals surface area contributed by atoms with Gasteiger partial charge in [0.15, 0.2) is 0 Å². The van der Waals surface area contributed by atoms with Crippen molar-refractivity contribution in [1.82, 2.24) is 19.6 Å². The standard InChI is InChI=1S/C10H10N4O2/c1-16-10-8-4-11-9(6-2-7(15)3-6)14(8)13-5-12-10/h4-6H,2-3H2,1H3/i5D. The molecule has 0 saturated heterocycles. The zero-order valence-corrected chi connectivity index (χ0v) is 8.67. The van der Waals surface area contributed by atoms with Crippen LogP contribution in [0, 0.1) is 0 Å². The van der Waals surface area contributed by atoms with E-state index in [-0.39, 0.29) is 18.0 Å². The lowest BCUT2D eigenvalue weighted by Gasteiger charge is -2.22. The van der Waals surface area contributed by atoms with Crippen LogP contribution < -0.4 is 4.74 Å². The van der Waals surface area contributed by atoms with Crippen molar-refractivity contribution in [3.8, 4) is 5.88 Å². The highest BCUT2D eigenvalue weighted by atomic mass is 16.5. The molecular weight excluding hydrogens is 208 g/mol. The molecule has 6 nitrogen and oxygen atoms in total. The summed E-state index contributed by atoms with van der Waals surface area (Å²) in [5, 5.41) is 3.99. The first kappa shape index (κ1) is 8.20. The van der Waals surface area contributed by atoms with Gasteiger partial charge in [-0.15, -0.1) is 0 Å². The second-order valence-corrected chi connectivity index (χ2v) is 3.78. The Morgan fingerprint density at radius 1 is 1.56 bits per heavy atom. The summed E-state index contributed by atoms with van der Waals surface area (Å²) in [5.74, 6) is 1.37. The molecule has 0 N–H and O–H groups in total. The molecule has 1 fully saturated rings. The molecule has 2 heterocycles. The third-order valence-corrected chi connectivity index (χ3v) is 2.79. The maximum atomic E-state index is 11.0. The summed E-state index contributed by atoms with van der Waals surface area (Å²) in [6, 6.07) is 0. The van der Waals surface area contributed by atoms with Gasteiger partial charge in [0.2, 0.25) is 5.88 Å². The van der Waals surface area contributed by atoms with Crippen LogP contribution in [0.5, 0.6) is 5.88 Å². The monoisotopic (exact) mass is 219 g/mol. The molecule has 0 aromatic carbocycles. The second kappa shape index (κ2) is 3.26. The third kappa shape index (κ3) is 1.19. The Labute approximate surface area is 92.7 Å². The van der Waals surface area contributed by atoms with E-state index in [0.717, 1.165) is 0 Å². The fourth-order valence-corrected chi connectivity index (χ4v) is 1.88. The number of aromatic nitrogens is 4. The fraction of sp³-hybridized carbons (Fsp3) is 0.400. The van der Waals surface area contributed by atoms with Crippen LogP contribution in [-0.2, 0) is 4.79 Å². The fourth-order valence-electron chi connectivity index (χ4n) is 1.88. The summed E-state index contributed by atoms with van der Waals surface area (Å²) in [4.78, 5) is 19.1. The highest BCUT2D eigenvalue weighted by Crippen LogP contribution is 2.33. The van der Waals surface area contributed by atoms with Crippen molar-refractivity contribution < 1.29 is 10.9 Å². The number of ether oxygens (including phenoxy) is 1. The first-order chi connectivity index (χ1) is 8.19. The topological polar surface area (TPSA) is 69.4 Å². The van der Waals surface area contributed by atoms with Gasteiger partial charge in [-0.05, 0) is 0 Å². The van der Waals surface area contributed by atoms with Crippen LogP contribution in [-0.4, -0.2) is 32.5 Å². The molecule has 16 heavy (non-hydrogen) atoms. The lowest BCUT2D eigenvalue weighted by Crippen LogP contribution is -2.23. The van der Waals surface area contributed by atoms with E-state index in [9.17, 15) is 4.79 Å². The first-order valence-electron chi connectivity index (χ1n) is 5.47. The molecule has 1 saturated carbocycles. The molecule has 0 atom stereocenters. The SMILES string of the molecule is [2H]c1nc(OC)c2cnc(C3CC(=O)C3)n2n1. The zero-order valence-electron chi connectivity index (χ0n) is 9.67. The number of ketones is 1. The Hall–Kier alpha value is -1.98. The Balaban J connectivity index is 2.14. The van der Waals surface area contributed by atoms with Crippen molar-refractivity contribution in [2.24, 2.45) is 0 Å². The number of Topliss-reactive ketones (excluding diaryl/α,β-unsaturated/α-hetero) is 1. The number of methoxy groups -OCH3 is 1. The van der Waals surface area contributed by atoms with Crippen molar-refractivity contribution in [2.75, 3.05) is 7.11 Å². The Morgan fingerprint density at radius 3 is 3.06 bits per heavy atom. The maximum Gasteiger partial charge on any atom is 0.242 e. The molecule has 0 radical (unpaired) electrons. The number of fused-ring (bicyclic) bond motifs is 1. The van der Waals surface area contributed by atoms with E-state index in [2.05, 4.69) is 15.1 Å². The normalized spacial score (nSPS) is 17.3. The smallest absolute Gasteiger partial charge is 0.242 e. The number of nitrogens with zero attached hydrogens (tertiary/aromatic N) is 4. The molecule has 0 bridgehead atoms. The van der Waals surface area contributed by atoms with E-state index in [1.54, 1.807) is 10.7 Å². The van der Waals surface area contributed by atoms with Crippen LogP contribution in [0.25, 0.3) is 5.52 Å². The minimum absolute atomic E-state index is 0.101. The minimum atomic E-state index is -0.126. The van der Waals surface area contributed by atoms with E-state index >= 15 is 0 Å². The van der Waals surface area contributed by atoms with Gasteiger partial charge in [-0.1, -0.05) is 0 Å². The number of carbonyl (C=O) groups excluding carboxylic acids is 1. The predicted octanol–water partition coefficient (Wildman–Crippen LogP) is 0.579. The average molecular weight is 219 g/mol. The van der Waals surface area contributed by atoms with E-state index in [1.165, 1.54) is 7.11 Å². The average Bonchev–Trinajstić information content (AvgIpc) is 2.67. The van der Waals surface area contributed by atoms with Gasteiger partial charge in [0.25, 0.3) is 0 Å². The molecule has 0 aliphatic heterocycles. The largest absolute Gasteiger partial charge is 0.479 e. The lowest BCUT2D eigenvalue weighted by molar-refractivity contribution is -0.124. The van der Waals surface area contributed by atoms with Crippen molar-refractivity contribution in [1.29, 1.82) is 0 Å². The molecule has 1 aliphatic rings. The first-order valence-corrected chi connectivity index (χ1v) is 4.97. The van der Waals surface area contributed by atoms with Gasteiger partial charge in [0.1, 0.15) is 24.8 Å². The van der Waals surface area contributed by atoms with Crippen LogP contribution in [0.4, 0.5) is 0 Å². The van der Waals surface area contributed by atoms with Gasteiger partial charge in [-0.3, -0.25) is 4.79 Å². The minimum Gasteiger partial charge on any atom is -0.479 e. The lowest BCUT2D eigenvalue weighted by atomic mass is 9.83. The van der Waals surface area contributed by atoms with E-state index in [4.69, 9.17) is 6.11 Å². The number of hydrogen-bond donors (Lipinski definition) is 0. The third-order valence-electron chi connectivity index (χ3n) is 2.79. The Morgan fingerprint density at radius 2 is 2.38 bits per heavy atom. The summed E-state index contributed by atoms with van der Waals surface area (Å²) >= 11 is 0. The van der Waals surface area contributed by atoms with Crippen LogP contribution in [0.2, 0.25) is 0 Å². The molecule has 2 aromatic rings. The summed E-state index contributed by atoms with van der Waals surface area (Å²) in [5.41, 5.74) is 0.623. The van der Waals surface area contributed by atoms with Crippen LogP contribution in [0.1, 0.15) is 26.0 Å². The van der Waals surface area contributed by atoms with Crippen molar-refractivity contribution in [3.63, 3.8) is 0 Å². The summed E-state index contributed by atoms with van der Waals surface area (Å²) in [6.45, 7) is 0. The van der Waals surface area contributed by atoms with Gasteiger partial charge in [-0.25, -0.2) is 9.50 Å². The highest BCUT2D eigenvalue weighted by Gasteiger charge is 2.31. The van der Waals surface area contributed by atoms with Gasteiger partial charge in [0.05, 0.1) is 13.3 Å². The Kier molecular flexibility index (Phi) is 1.67. The summed E-state index contributed by atoms with van der Waals surface area (Å²) in [6.07, 6.45) is 2.48. The van der Waals surface area contributed by atoms with E-state index < -0.39 is 0 Å². The van der Waals surface area contributed by atoms with E-state index in [1.807, 2.05) is 0 Å². The molecular formula is C10H10N4O2. The van der Waals surface area contributed by atoms with Crippen LogP contribution in [0.15, 0.2) is 12.5 Å². The molecule has 6 heteroatoms. The van der Waals surface area contributed by atoms with Crippen LogP contribution in [0.3, 0.4) is 0 Å². The number of hydrogen-bond acceptors (Lipinski definition) is 5. The molecule has 0 spiro atoms. The molecule has 3 rings (SSSR count). The molecule has 2 aromatic heterocycles. The maximum absolute atomic E-state index is 11.0. The van der Waals surface area contributed by atoms with Gasteiger partial charge in [-0.2, -0.15) is 10.1 Å². The molecule has 0 unspecified atom stereocenters. The highest BCUT2D eigenvalue weighted by molar-refractivity contribution is 5.86. The quantitative estimate of drug-likeness (QED) is 0.738. The van der Waals surface area contributed by atoms with Gasteiger partial charge >= 0.3 is 0 Å². The van der Waals surface area contributed by atoms with Crippen molar-refractivity contribution in [3.05, 3.63) is 18.3 Å². The second-order valence-electron chi connectivity index (χ2n) is 3.78. The predicted molar refractivity (Wildman–Crippen MR) is 54.3 cm³/mol. The number of carbonyl (C=O) groups is 1. The van der Waals surface area contributed by atoms with Crippen molar-refractivity contribution >= 4 is 11.3 Å². The van der Waals surface area contributed by atoms with Gasteiger partial charge in [0, 0.05) is 18.8 Å². The Bertz CT molecular complexity index is 602. The molecule has 0 amide bonds. The summed E-state index contributed by atoms with van der Waals surface area (Å²) < 4.78 is 14.1. The number of imidazole rings is 1. The van der Waals surface area contributed by atoms with Crippen molar-refractivity contribution in [2.45, 2.75) is 18.8 Å². The molecule has 82 valence electrons. The number of rotatable bonds is 2. The summed E-state index contributed by atoms with van der Waals surface area (Å²) in [7, 11) is 1.49. The molecule has 1 aliphatic carbocycles. The van der Waals surface area contributed by atoms with E-state index in [0.29, 0.717) is 30.1 Å². The zero-order chi connectivity index (χ0) is 12.0. The van der Waals surface area contributed by atoms with Gasteiger partial charge < -0.3 is 4.74 Å². The van der Waals surface area contributed by atoms with Crippen LogP contribution >= 0.6 is 0 Å².